The zero-order valence-electron chi connectivity index (χ0n) is 16.5. The molecule has 0 atom stereocenters. The molecule has 6 heteroatoms. The summed E-state index contributed by atoms with van der Waals surface area (Å²) in [5, 5.41) is 38.3. The van der Waals surface area contributed by atoms with Crippen LogP contribution in [0, 0.1) is 45.3 Å². The van der Waals surface area contributed by atoms with Gasteiger partial charge in [0.2, 0.25) is 0 Å². The lowest BCUT2D eigenvalue weighted by atomic mass is 10.1. The third kappa shape index (κ3) is 3.81. The number of nitrogens with zero attached hydrogens (tertiary/aromatic N) is 4. The zero-order valence-corrected chi connectivity index (χ0v) is 18.2. The first-order chi connectivity index (χ1) is 15.7. The van der Waals surface area contributed by atoms with Gasteiger partial charge in [0, 0.05) is 30.6 Å². The molecule has 5 aromatic rings. The molecular formula is C26H12N4S2. The summed E-state index contributed by atoms with van der Waals surface area (Å²) in [6, 6.07) is 30.5. The van der Waals surface area contributed by atoms with Crippen LogP contribution in [0.5, 0.6) is 0 Å². The smallest absolute Gasteiger partial charge is 0.136 e. The van der Waals surface area contributed by atoms with Crippen molar-refractivity contribution in [2.24, 2.45) is 0 Å². The Balaban J connectivity index is 0.000000153. The minimum atomic E-state index is 0.00187. The molecule has 0 saturated heterocycles. The highest BCUT2D eigenvalue weighted by molar-refractivity contribution is 7.36. The van der Waals surface area contributed by atoms with Crippen molar-refractivity contribution in [3.8, 4) is 24.3 Å². The van der Waals surface area contributed by atoms with Crippen LogP contribution in [-0.2, 0) is 0 Å². The Morgan fingerprint density at radius 2 is 0.844 bits per heavy atom. The SMILES string of the molecule is N#CC(C#N)=c1ccc(=C(C#N)C#N)cc1.c1ccc2c(c1)sc1c3ccccc3sc21. The number of rotatable bonds is 0. The van der Waals surface area contributed by atoms with Crippen molar-refractivity contribution in [2.45, 2.75) is 0 Å². The van der Waals surface area contributed by atoms with E-state index in [1.54, 1.807) is 24.3 Å². The van der Waals surface area contributed by atoms with E-state index in [0.717, 1.165) is 0 Å². The maximum absolute atomic E-state index is 8.63. The fourth-order valence-electron chi connectivity index (χ4n) is 3.27. The molecule has 2 aromatic heterocycles. The summed E-state index contributed by atoms with van der Waals surface area (Å²) >= 11 is 3.82. The minimum absolute atomic E-state index is 0.00187. The van der Waals surface area contributed by atoms with Gasteiger partial charge in [0.15, 0.2) is 0 Å². The summed E-state index contributed by atoms with van der Waals surface area (Å²) in [6.07, 6.45) is 0. The monoisotopic (exact) mass is 444 g/mol. The highest BCUT2D eigenvalue weighted by Crippen LogP contribution is 2.43. The number of hydrogen-bond donors (Lipinski definition) is 0. The number of thiophene rings is 2. The molecule has 5 rings (SSSR count). The van der Waals surface area contributed by atoms with Crippen LogP contribution in [0.2, 0.25) is 0 Å². The van der Waals surface area contributed by atoms with Crippen LogP contribution in [0.25, 0.3) is 40.7 Å². The van der Waals surface area contributed by atoms with Gasteiger partial charge in [0.05, 0.1) is 9.40 Å². The van der Waals surface area contributed by atoms with Gasteiger partial charge in [0.1, 0.15) is 35.4 Å². The van der Waals surface area contributed by atoms with E-state index < -0.39 is 0 Å². The molecule has 0 N–H and O–H groups in total. The molecular weight excluding hydrogens is 432 g/mol. The Morgan fingerprint density at radius 1 is 0.500 bits per heavy atom. The van der Waals surface area contributed by atoms with Crippen LogP contribution in [0.1, 0.15) is 0 Å². The van der Waals surface area contributed by atoms with E-state index in [-0.39, 0.29) is 11.1 Å². The molecule has 0 fully saturated rings. The van der Waals surface area contributed by atoms with Gasteiger partial charge < -0.3 is 0 Å². The quantitative estimate of drug-likeness (QED) is 0.322. The normalized spacial score (nSPS) is 9.75. The Morgan fingerprint density at radius 3 is 1.19 bits per heavy atom. The largest absolute Gasteiger partial charge is 0.192 e. The minimum Gasteiger partial charge on any atom is -0.192 e. The lowest BCUT2D eigenvalue weighted by Crippen LogP contribution is -2.11. The summed E-state index contributed by atoms with van der Waals surface area (Å²) in [7, 11) is 0. The first-order valence-corrected chi connectivity index (χ1v) is 11.1. The summed E-state index contributed by atoms with van der Waals surface area (Å²) in [4.78, 5) is 0. The first-order valence-electron chi connectivity index (χ1n) is 9.44. The summed E-state index contributed by atoms with van der Waals surface area (Å²) < 4.78 is 5.69. The molecule has 0 bridgehead atoms. The maximum Gasteiger partial charge on any atom is 0.136 e. The fraction of sp³-hybridized carbons (Fsp3) is 0. The molecule has 0 radical (unpaired) electrons. The van der Waals surface area contributed by atoms with Crippen molar-refractivity contribution in [3.05, 3.63) is 83.2 Å². The molecule has 32 heavy (non-hydrogen) atoms. The second kappa shape index (κ2) is 9.13. The number of hydrogen-bond acceptors (Lipinski definition) is 6. The van der Waals surface area contributed by atoms with E-state index >= 15 is 0 Å². The molecule has 0 unspecified atom stereocenters. The summed E-state index contributed by atoms with van der Waals surface area (Å²) in [5.74, 6) is 0. The van der Waals surface area contributed by atoms with Gasteiger partial charge in [-0.05, 0) is 12.1 Å². The van der Waals surface area contributed by atoms with Crippen LogP contribution >= 0.6 is 22.7 Å². The Kier molecular flexibility index (Phi) is 5.94. The second-order valence-corrected chi connectivity index (χ2v) is 8.73. The second-order valence-electron chi connectivity index (χ2n) is 6.63. The van der Waals surface area contributed by atoms with Crippen molar-refractivity contribution >= 4 is 63.4 Å². The fourth-order valence-corrected chi connectivity index (χ4v) is 5.92. The van der Waals surface area contributed by atoms with Crippen LogP contribution in [0.3, 0.4) is 0 Å². The van der Waals surface area contributed by atoms with Gasteiger partial charge in [-0.3, -0.25) is 0 Å². The summed E-state index contributed by atoms with van der Waals surface area (Å²) in [6.45, 7) is 0. The predicted molar refractivity (Wildman–Crippen MR) is 130 cm³/mol. The molecule has 0 aliphatic heterocycles. The van der Waals surface area contributed by atoms with E-state index in [9.17, 15) is 0 Å². The average Bonchev–Trinajstić information content (AvgIpc) is 3.38. The van der Waals surface area contributed by atoms with Crippen LogP contribution in [-0.4, -0.2) is 0 Å². The molecule has 0 amide bonds. The van der Waals surface area contributed by atoms with E-state index in [0.29, 0.717) is 10.4 Å². The summed E-state index contributed by atoms with van der Waals surface area (Å²) in [5.41, 5.74) is 0.00373. The van der Waals surface area contributed by atoms with Gasteiger partial charge in [-0.1, -0.05) is 60.7 Å². The third-order valence-corrected chi connectivity index (χ3v) is 7.34. The van der Waals surface area contributed by atoms with Crippen LogP contribution in [0.15, 0.2) is 72.8 Å². The maximum atomic E-state index is 8.63. The lowest BCUT2D eigenvalue weighted by Gasteiger charge is -1.88. The van der Waals surface area contributed by atoms with Crippen molar-refractivity contribution in [2.75, 3.05) is 0 Å². The van der Waals surface area contributed by atoms with Crippen molar-refractivity contribution in [3.63, 3.8) is 0 Å². The zero-order chi connectivity index (χ0) is 22.5. The highest BCUT2D eigenvalue weighted by Gasteiger charge is 2.10. The van der Waals surface area contributed by atoms with E-state index in [4.69, 9.17) is 21.0 Å². The van der Waals surface area contributed by atoms with E-state index in [1.165, 1.54) is 53.8 Å². The first kappa shape index (κ1) is 20.8. The Hall–Kier alpha value is -4.46. The molecule has 0 aliphatic carbocycles. The number of nitriles is 4. The molecule has 0 spiro atoms. The lowest BCUT2D eigenvalue weighted by molar-refractivity contribution is 1.46. The molecule has 148 valence electrons. The predicted octanol–water partition coefficient (Wildman–Crippen LogP) is 5.35. The molecule has 3 aromatic carbocycles. The Labute approximate surface area is 191 Å². The number of benzene rings is 3. The average molecular weight is 445 g/mol. The third-order valence-electron chi connectivity index (χ3n) is 4.80. The highest BCUT2D eigenvalue weighted by atomic mass is 32.1. The van der Waals surface area contributed by atoms with Gasteiger partial charge in [-0.2, -0.15) is 21.0 Å². The molecule has 0 saturated carbocycles. The van der Waals surface area contributed by atoms with Gasteiger partial charge in [0.25, 0.3) is 0 Å². The molecule has 0 aliphatic rings. The topological polar surface area (TPSA) is 95.2 Å². The van der Waals surface area contributed by atoms with Crippen LogP contribution < -0.4 is 10.4 Å². The van der Waals surface area contributed by atoms with Gasteiger partial charge in [-0.15, -0.1) is 22.7 Å². The van der Waals surface area contributed by atoms with Crippen molar-refractivity contribution < 1.29 is 0 Å². The van der Waals surface area contributed by atoms with Crippen molar-refractivity contribution in [1.82, 2.24) is 0 Å². The van der Waals surface area contributed by atoms with E-state index in [1.807, 2.05) is 22.7 Å². The Bertz CT molecular complexity index is 1590. The van der Waals surface area contributed by atoms with Crippen molar-refractivity contribution in [1.29, 1.82) is 21.0 Å². The van der Waals surface area contributed by atoms with E-state index in [2.05, 4.69) is 48.5 Å². The van der Waals surface area contributed by atoms with Gasteiger partial charge >= 0.3 is 0 Å². The molecule has 2 heterocycles. The van der Waals surface area contributed by atoms with Gasteiger partial charge in [-0.25, -0.2) is 0 Å². The standard InChI is InChI=1S/C14H8S2.C12H4N4/c1-3-7-11-9(5-1)13-14(15-11)10-6-2-4-8-12(10)16-13;13-5-11(6-14)9-1-2-10(4-3-9)12(7-15)8-16/h1-8H;1-4H. The molecule has 4 nitrogen and oxygen atoms in total. The number of fused-ring (bicyclic) bond motifs is 5. The van der Waals surface area contributed by atoms with Crippen LogP contribution in [0.4, 0.5) is 0 Å².